The molecule has 1 heterocycles. The SMILES string of the molecule is CNC(=O)c1cc2c(cc1F)CC1(C2)C(=O)N(c2ccc(C#N)c(C(F)(F)F)c2)C(=S)N1CC(C)C. The molecule has 2 aromatic rings. The van der Waals surface area contributed by atoms with E-state index in [-0.39, 0.29) is 35.1 Å². The first-order valence-corrected chi connectivity index (χ1v) is 11.6. The Labute approximate surface area is 210 Å². The molecule has 2 amide bonds. The van der Waals surface area contributed by atoms with E-state index in [1.807, 2.05) is 13.8 Å². The summed E-state index contributed by atoms with van der Waals surface area (Å²) in [4.78, 5) is 28.8. The number of amides is 2. The quantitative estimate of drug-likeness (QED) is 0.485. The highest BCUT2D eigenvalue weighted by molar-refractivity contribution is 7.80. The van der Waals surface area contributed by atoms with Crippen LogP contribution in [0.2, 0.25) is 0 Å². The van der Waals surface area contributed by atoms with E-state index in [9.17, 15) is 27.2 Å². The Morgan fingerprint density at radius 1 is 1.22 bits per heavy atom. The minimum absolute atomic E-state index is 0.0336. The van der Waals surface area contributed by atoms with Crippen LogP contribution >= 0.6 is 12.2 Å². The molecule has 2 aliphatic rings. The Bertz CT molecular complexity index is 1330. The van der Waals surface area contributed by atoms with E-state index in [1.165, 1.54) is 31.3 Å². The monoisotopic (exact) mass is 518 g/mol. The first kappa shape index (κ1) is 25.6. The minimum Gasteiger partial charge on any atom is -0.355 e. The number of benzene rings is 2. The number of carbonyl (C=O) groups is 2. The van der Waals surface area contributed by atoms with Crippen molar-refractivity contribution in [2.45, 2.75) is 38.4 Å². The van der Waals surface area contributed by atoms with Crippen LogP contribution in [0.25, 0.3) is 0 Å². The van der Waals surface area contributed by atoms with Crippen LogP contribution in [0.3, 0.4) is 0 Å². The lowest BCUT2D eigenvalue weighted by Gasteiger charge is -2.34. The molecule has 1 aliphatic carbocycles. The first-order valence-electron chi connectivity index (χ1n) is 11.1. The summed E-state index contributed by atoms with van der Waals surface area (Å²) < 4.78 is 55.5. The molecule has 1 saturated heterocycles. The highest BCUT2D eigenvalue weighted by Crippen LogP contribution is 2.44. The summed E-state index contributed by atoms with van der Waals surface area (Å²) in [6.45, 7) is 4.17. The molecule has 0 radical (unpaired) electrons. The zero-order chi connectivity index (χ0) is 26.6. The Morgan fingerprint density at radius 2 is 1.86 bits per heavy atom. The molecular formula is C25H22F4N4O2S. The van der Waals surface area contributed by atoms with Gasteiger partial charge >= 0.3 is 6.18 Å². The topological polar surface area (TPSA) is 76.4 Å². The molecule has 0 saturated carbocycles. The standard InChI is InChI=1S/C25H22F4N4O2S/c1-13(2)12-32-23(36)33(17-5-4-14(11-30)19(8-17)25(27,28)29)22(35)24(32)9-15-6-18(21(34)31-3)20(26)7-16(15)10-24/h4-8,13H,9-10,12H2,1-3H3,(H,31,34). The summed E-state index contributed by atoms with van der Waals surface area (Å²) in [6.07, 6.45) is -4.62. The number of nitriles is 1. The summed E-state index contributed by atoms with van der Waals surface area (Å²) in [6, 6.07) is 7.19. The van der Waals surface area contributed by atoms with Gasteiger partial charge in [0.1, 0.15) is 11.4 Å². The average Bonchev–Trinajstić information content (AvgIpc) is 3.27. The maximum atomic E-state index is 14.7. The summed E-state index contributed by atoms with van der Waals surface area (Å²) >= 11 is 5.62. The molecule has 1 aliphatic heterocycles. The van der Waals surface area contributed by atoms with E-state index in [0.29, 0.717) is 17.7 Å². The fourth-order valence-corrected chi connectivity index (χ4v) is 5.33. The van der Waals surface area contributed by atoms with Gasteiger partial charge < -0.3 is 10.2 Å². The van der Waals surface area contributed by atoms with Gasteiger partial charge in [-0.15, -0.1) is 0 Å². The molecule has 2 aromatic carbocycles. The van der Waals surface area contributed by atoms with Gasteiger partial charge in [-0.05, 0) is 59.6 Å². The van der Waals surface area contributed by atoms with Gasteiger partial charge in [0.25, 0.3) is 11.8 Å². The molecule has 36 heavy (non-hydrogen) atoms. The Kier molecular flexibility index (Phi) is 6.29. The number of carbonyl (C=O) groups excluding carboxylic acids is 2. The number of fused-ring (bicyclic) bond motifs is 1. The van der Waals surface area contributed by atoms with Crippen LogP contribution < -0.4 is 10.2 Å². The molecule has 0 aromatic heterocycles. The number of hydrogen-bond donors (Lipinski definition) is 1. The van der Waals surface area contributed by atoms with Crippen molar-refractivity contribution in [3.63, 3.8) is 0 Å². The fraction of sp³-hybridized carbons (Fsp3) is 0.360. The number of halogens is 4. The van der Waals surface area contributed by atoms with Crippen molar-refractivity contribution in [3.05, 3.63) is 64.0 Å². The third-order valence-corrected chi connectivity index (χ3v) is 6.90. The first-order chi connectivity index (χ1) is 16.8. The Morgan fingerprint density at radius 3 is 2.42 bits per heavy atom. The van der Waals surface area contributed by atoms with Crippen molar-refractivity contribution in [1.29, 1.82) is 5.26 Å². The van der Waals surface area contributed by atoms with Gasteiger partial charge in [-0.25, -0.2) is 4.39 Å². The lowest BCUT2D eigenvalue weighted by Crippen LogP contribution is -2.51. The van der Waals surface area contributed by atoms with Gasteiger partial charge in [-0.1, -0.05) is 13.8 Å². The summed E-state index contributed by atoms with van der Waals surface area (Å²) in [5.41, 5.74) is -2.14. The Hall–Kier alpha value is -3.52. The molecule has 0 bridgehead atoms. The Balaban J connectivity index is 1.82. The van der Waals surface area contributed by atoms with Crippen molar-refractivity contribution in [2.24, 2.45) is 5.92 Å². The van der Waals surface area contributed by atoms with Crippen molar-refractivity contribution >= 4 is 34.8 Å². The lowest BCUT2D eigenvalue weighted by molar-refractivity contribution is -0.137. The van der Waals surface area contributed by atoms with Crippen LogP contribution in [0, 0.1) is 23.1 Å². The van der Waals surface area contributed by atoms with Crippen molar-refractivity contribution < 1.29 is 27.2 Å². The largest absolute Gasteiger partial charge is 0.417 e. The molecule has 1 fully saturated rings. The van der Waals surface area contributed by atoms with Crippen LogP contribution in [0.5, 0.6) is 0 Å². The summed E-state index contributed by atoms with van der Waals surface area (Å²) in [7, 11) is 1.38. The van der Waals surface area contributed by atoms with Crippen molar-refractivity contribution in [2.75, 3.05) is 18.5 Å². The van der Waals surface area contributed by atoms with Gasteiger partial charge in [-0.3, -0.25) is 14.5 Å². The molecule has 1 atom stereocenters. The number of rotatable bonds is 4. The van der Waals surface area contributed by atoms with E-state index in [2.05, 4.69) is 5.32 Å². The number of thiocarbonyl (C=S) groups is 1. The number of alkyl halides is 3. The van der Waals surface area contributed by atoms with Crippen molar-refractivity contribution in [1.82, 2.24) is 10.2 Å². The van der Waals surface area contributed by atoms with Crippen LogP contribution in [-0.4, -0.2) is 41.0 Å². The molecule has 1 spiro atoms. The zero-order valence-electron chi connectivity index (χ0n) is 19.7. The second kappa shape index (κ2) is 8.85. The van der Waals surface area contributed by atoms with Gasteiger partial charge in [0.05, 0.1) is 28.4 Å². The van der Waals surface area contributed by atoms with Crippen LogP contribution in [0.4, 0.5) is 23.2 Å². The van der Waals surface area contributed by atoms with E-state index < -0.39 is 40.5 Å². The number of hydrogen-bond acceptors (Lipinski definition) is 4. The third kappa shape index (κ3) is 3.99. The third-order valence-electron chi connectivity index (χ3n) is 6.50. The number of nitrogens with one attached hydrogen (secondary N) is 1. The molecule has 6 nitrogen and oxygen atoms in total. The van der Waals surface area contributed by atoms with Crippen LogP contribution in [-0.2, 0) is 23.8 Å². The van der Waals surface area contributed by atoms with Gasteiger partial charge in [0.2, 0.25) is 0 Å². The van der Waals surface area contributed by atoms with E-state index >= 15 is 0 Å². The average molecular weight is 519 g/mol. The number of nitrogens with zero attached hydrogens (tertiary/aromatic N) is 3. The zero-order valence-corrected chi connectivity index (χ0v) is 20.5. The summed E-state index contributed by atoms with van der Waals surface area (Å²) in [5, 5.41) is 11.5. The van der Waals surface area contributed by atoms with E-state index in [4.69, 9.17) is 17.5 Å². The molecule has 188 valence electrons. The van der Waals surface area contributed by atoms with Gasteiger partial charge in [0, 0.05) is 26.4 Å². The van der Waals surface area contributed by atoms with Crippen molar-refractivity contribution in [3.8, 4) is 6.07 Å². The molecule has 11 heteroatoms. The molecule has 1 N–H and O–H groups in total. The smallest absolute Gasteiger partial charge is 0.355 e. The van der Waals surface area contributed by atoms with Crippen LogP contribution in [0.1, 0.15) is 46.5 Å². The maximum Gasteiger partial charge on any atom is 0.417 e. The molecule has 4 rings (SSSR count). The summed E-state index contributed by atoms with van der Waals surface area (Å²) in [5.74, 6) is -1.83. The highest BCUT2D eigenvalue weighted by atomic mass is 32.1. The van der Waals surface area contributed by atoms with Gasteiger partial charge in [-0.2, -0.15) is 18.4 Å². The van der Waals surface area contributed by atoms with Crippen LogP contribution in [0.15, 0.2) is 30.3 Å². The van der Waals surface area contributed by atoms with E-state index in [0.717, 1.165) is 17.0 Å². The van der Waals surface area contributed by atoms with Gasteiger partial charge in [0.15, 0.2) is 5.11 Å². The number of anilines is 1. The normalized spacial score (nSPS) is 19.3. The highest BCUT2D eigenvalue weighted by Gasteiger charge is 2.58. The fourth-order valence-electron chi connectivity index (χ4n) is 4.90. The maximum absolute atomic E-state index is 14.7. The molecular weight excluding hydrogens is 496 g/mol. The predicted molar refractivity (Wildman–Crippen MR) is 128 cm³/mol. The second-order valence-electron chi connectivity index (χ2n) is 9.33. The second-order valence-corrected chi connectivity index (χ2v) is 9.70. The minimum atomic E-state index is -4.81. The molecule has 1 unspecified atom stereocenters. The lowest BCUT2D eigenvalue weighted by atomic mass is 9.92. The van der Waals surface area contributed by atoms with E-state index in [1.54, 1.807) is 4.90 Å². The predicted octanol–water partition coefficient (Wildman–Crippen LogP) is 4.20.